The maximum atomic E-state index is 12.4. The first kappa shape index (κ1) is 17.5. The van der Waals surface area contributed by atoms with Crippen molar-refractivity contribution >= 4 is 11.9 Å². The molecule has 6 nitrogen and oxygen atoms in total. The minimum Gasteiger partial charge on any atom is -0.444 e. The molecule has 2 N–H and O–H groups in total. The Labute approximate surface area is 138 Å². The van der Waals surface area contributed by atoms with Crippen molar-refractivity contribution in [2.75, 3.05) is 25.4 Å². The lowest BCUT2D eigenvalue weighted by Crippen LogP contribution is -2.61. The lowest BCUT2D eigenvalue weighted by Gasteiger charge is -2.47. The third-order valence-electron chi connectivity index (χ3n) is 3.85. The van der Waals surface area contributed by atoms with E-state index in [1.54, 1.807) is 0 Å². The number of pyridine rings is 1. The number of rotatable bonds is 2. The molecular formula is C17H28N4O2. The zero-order chi connectivity index (χ0) is 17.3. The molecule has 0 aliphatic carbocycles. The maximum absolute atomic E-state index is 12.4. The van der Waals surface area contributed by atoms with Crippen LogP contribution in [0.5, 0.6) is 0 Å². The van der Waals surface area contributed by atoms with Gasteiger partial charge in [-0.05, 0) is 46.2 Å². The standard InChI is InChI=1S/C17H28N4O2/c1-16(2,3)23-15(22)21-9-8-20(12-17(21,4)5)11-13-6-7-14(18)19-10-13/h6-7,10H,8-9,11-12H2,1-5H3,(H2,18,19). The Bertz CT molecular complexity index is 549. The van der Waals surface area contributed by atoms with E-state index < -0.39 is 5.60 Å². The number of nitrogens with two attached hydrogens (primary N) is 1. The predicted octanol–water partition coefficient (Wildman–Crippen LogP) is 2.50. The van der Waals surface area contributed by atoms with Crippen LogP contribution in [0.2, 0.25) is 0 Å². The fraction of sp³-hybridized carbons (Fsp3) is 0.647. The van der Waals surface area contributed by atoms with Gasteiger partial charge >= 0.3 is 6.09 Å². The molecule has 2 rings (SSSR count). The minimum atomic E-state index is -0.472. The molecule has 0 spiro atoms. The number of nitrogen functional groups attached to an aromatic ring is 1. The van der Waals surface area contributed by atoms with Crippen molar-refractivity contribution in [1.29, 1.82) is 0 Å². The Morgan fingerprint density at radius 2 is 2.04 bits per heavy atom. The Morgan fingerprint density at radius 3 is 2.57 bits per heavy atom. The summed E-state index contributed by atoms with van der Waals surface area (Å²) in [7, 11) is 0. The summed E-state index contributed by atoms with van der Waals surface area (Å²) in [4.78, 5) is 20.7. The molecule has 0 unspecified atom stereocenters. The second kappa shape index (κ2) is 6.35. The van der Waals surface area contributed by atoms with Gasteiger partial charge in [0.15, 0.2) is 0 Å². The summed E-state index contributed by atoms with van der Waals surface area (Å²) in [6.45, 7) is 12.9. The number of hydrogen-bond donors (Lipinski definition) is 1. The van der Waals surface area contributed by atoms with Gasteiger partial charge in [-0.15, -0.1) is 0 Å². The van der Waals surface area contributed by atoms with Crippen molar-refractivity contribution in [2.45, 2.75) is 52.3 Å². The first-order valence-corrected chi connectivity index (χ1v) is 8.00. The molecule has 0 saturated carbocycles. The lowest BCUT2D eigenvalue weighted by molar-refractivity contribution is -0.0244. The SMILES string of the molecule is CC(C)(C)OC(=O)N1CCN(Cc2ccc(N)nc2)CC1(C)C. The van der Waals surface area contributed by atoms with E-state index in [-0.39, 0.29) is 11.6 Å². The normalized spacial score (nSPS) is 18.7. The monoisotopic (exact) mass is 320 g/mol. The number of nitrogens with zero attached hydrogens (tertiary/aromatic N) is 3. The number of anilines is 1. The summed E-state index contributed by atoms with van der Waals surface area (Å²) in [6, 6.07) is 3.81. The molecule has 0 atom stereocenters. The Kier molecular flexibility index (Phi) is 4.84. The summed E-state index contributed by atoms with van der Waals surface area (Å²) in [5.74, 6) is 0.531. The number of amides is 1. The minimum absolute atomic E-state index is 0.240. The molecule has 1 saturated heterocycles. The number of carbonyl (C=O) groups excluding carboxylic acids is 1. The van der Waals surface area contributed by atoms with Crippen LogP contribution in [0, 0.1) is 0 Å². The summed E-state index contributed by atoms with van der Waals surface area (Å²) in [6.07, 6.45) is 1.57. The fourth-order valence-corrected chi connectivity index (χ4v) is 2.83. The van der Waals surface area contributed by atoms with E-state index in [0.717, 1.165) is 25.2 Å². The van der Waals surface area contributed by atoms with Crippen molar-refractivity contribution < 1.29 is 9.53 Å². The first-order chi connectivity index (χ1) is 10.6. The van der Waals surface area contributed by atoms with Gasteiger partial charge in [-0.2, -0.15) is 0 Å². The first-order valence-electron chi connectivity index (χ1n) is 8.00. The van der Waals surface area contributed by atoms with Gasteiger partial charge < -0.3 is 15.4 Å². The van der Waals surface area contributed by atoms with Crippen LogP contribution in [0.3, 0.4) is 0 Å². The summed E-state index contributed by atoms with van der Waals surface area (Å²) in [5.41, 5.74) is 6.00. The van der Waals surface area contributed by atoms with E-state index in [2.05, 4.69) is 23.7 Å². The molecule has 1 aliphatic heterocycles. The molecule has 0 radical (unpaired) electrons. The van der Waals surface area contributed by atoms with Crippen LogP contribution >= 0.6 is 0 Å². The van der Waals surface area contributed by atoms with E-state index in [9.17, 15) is 4.79 Å². The molecule has 1 aromatic heterocycles. The fourth-order valence-electron chi connectivity index (χ4n) is 2.83. The molecular weight excluding hydrogens is 292 g/mol. The average molecular weight is 320 g/mol. The molecule has 1 fully saturated rings. The maximum Gasteiger partial charge on any atom is 0.410 e. The average Bonchev–Trinajstić information content (AvgIpc) is 2.38. The van der Waals surface area contributed by atoms with E-state index >= 15 is 0 Å². The third-order valence-corrected chi connectivity index (χ3v) is 3.85. The van der Waals surface area contributed by atoms with Gasteiger partial charge in [0.05, 0.1) is 5.54 Å². The Hall–Kier alpha value is -1.82. The molecule has 1 amide bonds. The highest BCUT2D eigenvalue weighted by Crippen LogP contribution is 2.24. The number of piperazine rings is 1. The van der Waals surface area contributed by atoms with Crippen LogP contribution in [0.1, 0.15) is 40.2 Å². The Morgan fingerprint density at radius 1 is 1.35 bits per heavy atom. The summed E-state index contributed by atoms with van der Waals surface area (Å²) < 4.78 is 5.52. The summed E-state index contributed by atoms with van der Waals surface area (Å²) in [5, 5.41) is 0. The number of carbonyl (C=O) groups is 1. The third kappa shape index (κ3) is 4.82. The van der Waals surface area contributed by atoms with Crippen molar-refractivity contribution in [3.05, 3.63) is 23.9 Å². The van der Waals surface area contributed by atoms with Crippen LogP contribution in [-0.2, 0) is 11.3 Å². The van der Waals surface area contributed by atoms with Gasteiger partial charge in [0.1, 0.15) is 11.4 Å². The lowest BCUT2D eigenvalue weighted by atomic mass is 9.99. The van der Waals surface area contributed by atoms with Crippen molar-refractivity contribution in [3.63, 3.8) is 0 Å². The highest BCUT2D eigenvalue weighted by atomic mass is 16.6. The van der Waals surface area contributed by atoms with Crippen molar-refractivity contribution in [3.8, 4) is 0 Å². The van der Waals surface area contributed by atoms with E-state index in [1.165, 1.54) is 0 Å². The zero-order valence-corrected chi connectivity index (χ0v) is 14.8. The van der Waals surface area contributed by atoms with E-state index in [1.807, 2.05) is 44.0 Å². The van der Waals surface area contributed by atoms with Gasteiger partial charge in [-0.25, -0.2) is 9.78 Å². The van der Waals surface area contributed by atoms with Crippen molar-refractivity contribution in [1.82, 2.24) is 14.8 Å². The quantitative estimate of drug-likeness (QED) is 0.906. The van der Waals surface area contributed by atoms with E-state index in [4.69, 9.17) is 10.5 Å². The molecule has 128 valence electrons. The van der Waals surface area contributed by atoms with Gasteiger partial charge in [-0.1, -0.05) is 6.07 Å². The second-order valence-electron chi connectivity index (χ2n) is 7.75. The predicted molar refractivity (Wildman–Crippen MR) is 90.9 cm³/mol. The molecule has 1 aromatic rings. The highest BCUT2D eigenvalue weighted by molar-refractivity contribution is 5.69. The molecule has 0 aromatic carbocycles. The number of aromatic nitrogens is 1. The molecule has 1 aliphatic rings. The van der Waals surface area contributed by atoms with E-state index in [0.29, 0.717) is 12.4 Å². The van der Waals surface area contributed by atoms with Crippen LogP contribution in [0.4, 0.5) is 10.6 Å². The molecule has 2 heterocycles. The van der Waals surface area contributed by atoms with Gasteiger partial charge in [0.25, 0.3) is 0 Å². The molecule has 6 heteroatoms. The van der Waals surface area contributed by atoms with Crippen molar-refractivity contribution in [2.24, 2.45) is 0 Å². The van der Waals surface area contributed by atoms with Crippen LogP contribution in [0.15, 0.2) is 18.3 Å². The largest absolute Gasteiger partial charge is 0.444 e. The zero-order valence-electron chi connectivity index (χ0n) is 14.8. The highest BCUT2D eigenvalue weighted by Gasteiger charge is 2.38. The van der Waals surface area contributed by atoms with Crippen LogP contribution in [-0.4, -0.2) is 51.7 Å². The number of ether oxygens (including phenoxy) is 1. The van der Waals surface area contributed by atoms with Crippen LogP contribution < -0.4 is 5.73 Å². The van der Waals surface area contributed by atoms with Gasteiger partial charge in [-0.3, -0.25) is 4.90 Å². The topological polar surface area (TPSA) is 71.7 Å². The Balaban J connectivity index is 1.99. The van der Waals surface area contributed by atoms with Crippen LogP contribution in [0.25, 0.3) is 0 Å². The molecule has 0 bridgehead atoms. The smallest absolute Gasteiger partial charge is 0.410 e. The van der Waals surface area contributed by atoms with Gasteiger partial charge in [0.2, 0.25) is 0 Å². The summed E-state index contributed by atoms with van der Waals surface area (Å²) >= 11 is 0. The van der Waals surface area contributed by atoms with Gasteiger partial charge in [0, 0.05) is 32.4 Å². The second-order valence-corrected chi connectivity index (χ2v) is 7.75. The molecule has 23 heavy (non-hydrogen) atoms. The number of hydrogen-bond acceptors (Lipinski definition) is 5.